The highest BCUT2D eigenvalue weighted by atomic mass is 35.5. The third-order valence-electron chi connectivity index (χ3n) is 3.99. The van der Waals surface area contributed by atoms with Crippen LogP contribution in [0.3, 0.4) is 0 Å². The van der Waals surface area contributed by atoms with Crippen molar-refractivity contribution in [1.29, 1.82) is 0 Å². The van der Waals surface area contributed by atoms with Gasteiger partial charge in [-0.15, -0.1) is 0 Å². The van der Waals surface area contributed by atoms with Gasteiger partial charge in [-0.25, -0.2) is 4.79 Å². The molecular formula is C19H20ClN3O4. The van der Waals surface area contributed by atoms with Crippen molar-refractivity contribution in [3.05, 3.63) is 53.1 Å². The molecular weight excluding hydrogens is 370 g/mol. The molecule has 0 radical (unpaired) electrons. The Kier molecular flexibility index (Phi) is 6.16. The van der Waals surface area contributed by atoms with Crippen LogP contribution in [0.25, 0.3) is 0 Å². The third kappa shape index (κ3) is 5.12. The predicted molar refractivity (Wildman–Crippen MR) is 102 cm³/mol. The molecule has 0 saturated heterocycles. The van der Waals surface area contributed by atoms with Crippen LogP contribution in [-0.4, -0.2) is 31.7 Å². The summed E-state index contributed by atoms with van der Waals surface area (Å²) in [4.78, 5) is 24.0. The number of halogens is 1. The van der Waals surface area contributed by atoms with Crippen molar-refractivity contribution >= 4 is 29.2 Å². The standard InChI is InChI=1S/C19H20ClN3O4/c1-12(14-4-2-3-5-15(14)20)21-11-18(24)23-19(25)22-13-6-7-16-17(10-13)27-9-8-26-16/h2-7,10,12,21H,8-9,11H2,1H3,(H2,22,23,24,25)/t12-/m0/s1. The van der Waals surface area contributed by atoms with Crippen LogP contribution in [0.1, 0.15) is 18.5 Å². The minimum absolute atomic E-state index is 0.0268. The van der Waals surface area contributed by atoms with E-state index in [1.807, 2.05) is 25.1 Å². The first-order valence-electron chi connectivity index (χ1n) is 8.51. The molecule has 8 heteroatoms. The van der Waals surface area contributed by atoms with E-state index in [4.69, 9.17) is 21.1 Å². The van der Waals surface area contributed by atoms with Crippen molar-refractivity contribution in [3.63, 3.8) is 0 Å². The lowest BCUT2D eigenvalue weighted by Gasteiger charge is -2.19. The summed E-state index contributed by atoms with van der Waals surface area (Å²) in [5.41, 5.74) is 1.38. The molecule has 2 aromatic carbocycles. The Balaban J connectivity index is 1.48. The van der Waals surface area contributed by atoms with Gasteiger partial charge in [-0.05, 0) is 30.7 Å². The second-order valence-electron chi connectivity index (χ2n) is 5.98. The molecule has 7 nitrogen and oxygen atoms in total. The highest BCUT2D eigenvalue weighted by Crippen LogP contribution is 2.32. The van der Waals surface area contributed by atoms with Crippen LogP contribution in [0.2, 0.25) is 5.02 Å². The molecule has 0 fully saturated rings. The van der Waals surface area contributed by atoms with Crippen LogP contribution in [0.15, 0.2) is 42.5 Å². The molecule has 1 aliphatic rings. The quantitative estimate of drug-likeness (QED) is 0.731. The number of fused-ring (bicyclic) bond motifs is 1. The molecule has 0 spiro atoms. The fourth-order valence-corrected chi connectivity index (χ4v) is 2.94. The number of hydrogen-bond donors (Lipinski definition) is 3. The molecule has 0 aromatic heterocycles. The minimum Gasteiger partial charge on any atom is -0.486 e. The zero-order valence-electron chi connectivity index (χ0n) is 14.8. The number of carbonyl (C=O) groups excluding carboxylic acids is 2. The van der Waals surface area contributed by atoms with E-state index in [-0.39, 0.29) is 12.6 Å². The van der Waals surface area contributed by atoms with Gasteiger partial charge in [-0.2, -0.15) is 0 Å². The second kappa shape index (κ2) is 8.75. The van der Waals surface area contributed by atoms with Gasteiger partial charge in [0, 0.05) is 22.8 Å². The van der Waals surface area contributed by atoms with E-state index in [0.29, 0.717) is 35.4 Å². The van der Waals surface area contributed by atoms with Crippen molar-refractivity contribution in [3.8, 4) is 11.5 Å². The summed E-state index contributed by atoms with van der Waals surface area (Å²) >= 11 is 6.14. The normalized spacial score (nSPS) is 13.6. The molecule has 0 unspecified atom stereocenters. The van der Waals surface area contributed by atoms with Gasteiger partial charge in [-0.3, -0.25) is 10.1 Å². The lowest BCUT2D eigenvalue weighted by atomic mass is 10.1. The Morgan fingerprint density at radius 3 is 2.63 bits per heavy atom. The highest BCUT2D eigenvalue weighted by molar-refractivity contribution is 6.31. The third-order valence-corrected chi connectivity index (χ3v) is 4.34. The fraction of sp³-hybridized carbons (Fsp3) is 0.263. The number of urea groups is 1. The summed E-state index contributed by atoms with van der Waals surface area (Å²) in [6.45, 7) is 2.81. The van der Waals surface area contributed by atoms with Gasteiger partial charge in [0.2, 0.25) is 5.91 Å². The summed E-state index contributed by atoms with van der Waals surface area (Å²) < 4.78 is 10.9. The molecule has 0 bridgehead atoms. The number of imide groups is 1. The fourth-order valence-electron chi connectivity index (χ4n) is 2.64. The number of nitrogens with one attached hydrogen (secondary N) is 3. The maximum atomic E-state index is 12.0. The van der Waals surface area contributed by atoms with E-state index in [2.05, 4.69) is 16.0 Å². The highest BCUT2D eigenvalue weighted by Gasteiger charge is 2.15. The Hall–Kier alpha value is -2.77. The monoisotopic (exact) mass is 389 g/mol. The Labute approximate surface area is 162 Å². The lowest BCUT2D eigenvalue weighted by Crippen LogP contribution is -2.40. The smallest absolute Gasteiger partial charge is 0.325 e. The summed E-state index contributed by atoms with van der Waals surface area (Å²) in [5.74, 6) is 0.727. The lowest BCUT2D eigenvalue weighted by molar-refractivity contribution is -0.119. The molecule has 142 valence electrons. The SMILES string of the molecule is C[C@H](NCC(=O)NC(=O)Nc1ccc2c(c1)OCCO2)c1ccccc1Cl. The summed E-state index contributed by atoms with van der Waals surface area (Å²) in [6.07, 6.45) is 0. The van der Waals surface area contributed by atoms with Crippen LogP contribution in [0.5, 0.6) is 11.5 Å². The molecule has 1 aliphatic heterocycles. The van der Waals surface area contributed by atoms with Gasteiger partial charge in [-0.1, -0.05) is 29.8 Å². The summed E-state index contributed by atoms with van der Waals surface area (Å²) in [5, 5.41) is 8.53. The van der Waals surface area contributed by atoms with Crippen LogP contribution in [-0.2, 0) is 4.79 Å². The van der Waals surface area contributed by atoms with Crippen molar-refractivity contribution in [2.75, 3.05) is 25.1 Å². The van der Waals surface area contributed by atoms with Gasteiger partial charge < -0.3 is 20.1 Å². The second-order valence-corrected chi connectivity index (χ2v) is 6.39. The molecule has 0 aliphatic carbocycles. The first-order chi connectivity index (χ1) is 13.0. The van der Waals surface area contributed by atoms with Crippen molar-refractivity contribution in [2.24, 2.45) is 0 Å². The minimum atomic E-state index is -0.621. The van der Waals surface area contributed by atoms with Gasteiger partial charge >= 0.3 is 6.03 Å². The zero-order valence-corrected chi connectivity index (χ0v) is 15.5. The zero-order chi connectivity index (χ0) is 19.2. The van der Waals surface area contributed by atoms with Crippen molar-refractivity contribution < 1.29 is 19.1 Å². The van der Waals surface area contributed by atoms with E-state index >= 15 is 0 Å². The number of anilines is 1. The molecule has 1 atom stereocenters. The van der Waals surface area contributed by atoms with Crippen LogP contribution < -0.4 is 25.4 Å². The number of carbonyl (C=O) groups is 2. The van der Waals surface area contributed by atoms with Gasteiger partial charge in [0.1, 0.15) is 13.2 Å². The molecule has 1 heterocycles. The molecule has 3 amide bonds. The van der Waals surface area contributed by atoms with Crippen LogP contribution in [0, 0.1) is 0 Å². The largest absolute Gasteiger partial charge is 0.486 e. The average Bonchev–Trinajstić information content (AvgIpc) is 2.66. The van der Waals surface area contributed by atoms with Gasteiger partial charge in [0.05, 0.1) is 6.54 Å². The average molecular weight is 390 g/mol. The van der Waals surface area contributed by atoms with E-state index in [0.717, 1.165) is 5.56 Å². The summed E-state index contributed by atoms with van der Waals surface area (Å²) in [7, 11) is 0. The molecule has 2 aromatic rings. The molecule has 0 saturated carbocycles. The van der Waals surface area contributed by atoms with Crippen molar-refractivity contribution in [2.45, 2.75) is 13.0 Å². The van der Waals surface area contributed by atoms with E-state index in [9.17, 15) is 9.59 Å². The molecule has 3 N–H and O–H groups in total. The van der Waals surface area contributed by atoms with Gasteiger partial charge in [0.15, 0.2) is 11.5 Å². The molecule has 27 heavy (non-hydrogen) atoms. The maximum absolute atomic E-state index is 12.0. The number of hydrogen-bond acceptors (Lipinski definition) is 5. The number of amides is 3. The van der Waals surface area contributed by atoms with Crippen LogP contribution >= 0.6 is 11.6 Å². The Bertz CT molecular complexity index is 843. The maximum Gasteiger partial charge on any atom is 0.325 e. The van der Waals surface area contributed by atoms with E-state index in [1.165, 1.54) is 0 Å². The van der Waals surface area contributed by atoms with Gasteiger partial charge in [0.25, 0.3) is 0 Å². The van der Waals surface area contributed by atoms with E-state index < -0.39 is 11.9 Å². The Morgan fingerprint density at radius 2 is 1.85 bits per heavy atom. The number of rotatable bonds is 5. The van der Waals surface area contributed by atoms with Crippen LogP contribution in [0.4, 0.5) is 10.5 Å². The van der Waals surface area contributed by atoms with Crippen molar-refractivity contribution in [1.82, 2.24) is 10.6 Å². The first-order valence-corrected chi connectivity index (χ1v) is 8.89. The molecule has 3 rings (SSSR count). The topological polar surface area (TPSA) is 88.7 Å². The summed E-state index contributed by atoms with van der Waals surface area (Å²) in [6, 6.07) is 11.7. The Morgan fingerprint density at radius 1 is 1.11 bits per heavy atom. The first kappa shape index (κ1) is 19.0. The number of ether oxygens (including phenoxy) is 2. The number of benzene rings is 2. The predicted octanol–water partition coefficient (Wildman–Crippen LogP) is 3.11. The van der Waals surface area contributed by atoms with E-state index in [1.54, 1.807) is 24.3 Å².